The molecule has 0 spiro atoms. The lowest BCUT2D eigenvalue weighted by Gasteiger charge is -2.35. The second-order valence-electron chi connectivity index (χ2n) is 7.98. The van der Waals surface area contributed by atoms with E-state index in [2.05, 4.69) is 24.8 Å². The van der Waals surface area contributed by atoms with E-state index in [0.29, 0.717) is 17.9 Å². The molecule has 4 aromatic rings. The van der Waals surface area contributed by atoms with Gasteiger partial charge in [0.15, 0.2) is 17.5 Å². The quantitative estimate of drug-likeness (QED) is 0.465. The Bertz CT molecular complexity index is 1280. The van der Waals surface area contributed by atoms with Gasteiger partial charge in [0.2, 0.25) is 0 Å². The number of H-pyrrole nitrogens is 1. The molecule has 9 heteroatoms. The van der Waals surface area contributed by atoms with E-state index in [0.717, 1.165) is 66.0 Å². The van der Waals surface area contributed by atoms with E-state index >= 15 is 0 Å². The SMILES string of the molecule is COc1ccc2[nH]c3c(N4CCN(CCc5ccc(F)c(F)c5)CC4)ncnc3c2c1N. The van der Waals surface area contributed by atoms with Crippen molar-refractivity contribution < 1.29 is 13.5 Å². The molecular weight excluding hydrogens is 414 g/mol. The van der Waals surface area contributed by atoms with E-state index < -0.39 is 11.6 Å². The third-order valence-electron chi connectivity index (χ3n) is 6.12. The Morgan fingerprint density at radius 1 is 1.06 bits per heavy atom. The number of aromatic nitrogens is 3. The maximum Gasteiger partial charge on any atom is 0.159 e. The zero-order chi connectivity index (χ0) is 22.2. The van der Waals surface area contributed by atoms with Gasteiger partial charge in [-0.25, -0.2) is 18.7 Å². The van der Waals surface area contributed by atoms with Crippen LogP contribution in [0.2, 0.25) is 0 Å². The van der Waals surface area contributed by atoms with Gasteiger partial charge in [0, 0.05) is 32.7 Å². The highest BCUT2D eigenvalue weighted by Crippen LogP contribution is 2.37. The van der Waals surface area contributed by atoms with Crippen molar-refractivity contribution >= 4 is 33.4 Å². The number of piperazine rings is 1. The smallest absolute Gasteiger partial charge is 0.159 e. The first-order valence-electron chi connectivity index (χ1n) is 10.5. The zero-order valence-corrected chi connectivity index (χ0v) is 17.7. The Labute approximate surface area is 183 Å². The molecule has 0 aliphatic carbocycles. The molecule has 0 bridgehead atoms. The number of methoxy groups -OCH3 is 1. The number of nitrogens with zero attached hydrogens (tertiary/aromatic N) is 4. The largest absolute Gasteiger partial charge is 0.495 e. The maximum atomic E-state index is 13.4. The molecule has 3 N–H and O–H groups in total. The van der Waals surface area contributed by atoms with Gasteiger partial charge in [-0.15, -0.1) is 0 Å². The third kappa shape index (κ3) is 3.58. The first-order valence-corrected chi connectivity index (χ1v) is 10.5. The van der Waals surface area contributed by atoms with E-state index in [1.165, 1.54) is 12.1 Å². The Balaban J connectivity index is 1.32. The molecule has 1 saturated heterocycles. The van der Waals surface area contributed by atoms with Gasteiger partial charge in [-0.3, -0.25) is 4.90 Å². The average molecular weight is 438 g/mol. The second kappa shape index (κ2) is 8.23. The highest BCUT2D eigenvalue weighted by atomic mass is 19.2. The van der Waals surface area contributed by atoms with Gasteiger partial charge in [-0.2, -0.15) is 0 Å². The Kier molecular flexibility index (Phi) is 5.26. The molecule has 2 aromatic carbocycles. The molecule has 32 heavy (non-hydrogen) atoms. The molecule has 0 amide bonds. The van der Waals surface area contributed by atoms with Crippen LogP contribution in [-0.2, 0) is 6.42 Å². The van der Waals surface area contributed by atoms with Crippen molar-refractivity contribution in [2.24, 2.45) is 0 Å². The monoisotopic (exact) mass is 438 g/mol. The summed E-state index contributed by atoms with van der Waals surface area (Å²) < 4.78 is 31.9. The molecule has 0 atom stereocenters. The van der Waals surface area contributed by atoms with Crippen LogP contribution in [0.4, 0.5) is 20.3 Å². The van der Waals surface area contributed by atoms with E-state index in [9.17, 15) is 8.78 Å². The fourth-order valence-electron chi connectivity index (χ4n) is 4.36. The van der Waals surface area contributed by atoms with Crippen LogP contribution in [0.1, 0.15) is 5.56 Å². The number of hydrogen-bond acceptors (Lipinski definition) is 6. The topological polar surface area (TPSA) is 83.3 Å². The number of halogens is 2. The van der Waals surface area contributed by atoms with E-state index in [1.807, 2.05) is 12.1 Å². The van der Waals surface area contributed by atoms with Gasteiger partial charge in [0.05, 0.1) is 23.7 Å². The first-order chi connectivity index (χ1) is 15.5. The van der Waals surface area contributed by atoms with Crippen molar-refractivity contribution in [3.05, 3.63) is 53.9 Å². The number of benzene rings is 2. The normalized spacial score (nSPS) is 15.0. The summed E-state index contributed by atoms with van der Waals surface area (Å²) in [6, 6.07) is 7.88. The van der Waals surface area contributed by atoms with Crippen LogP contribution in [0.5, 0.6) is 5.75 Å². The van der Waals surface area contributed by atoms with Crippen molar-refractivity contribution in [3.8, 4) is 5.75 Å². The zero-order valence-electron chi connectivity index (χ0n) is 17.7. The van der Waals surface area contributed by atoms with E-state index in [1.54, 1.807) is 19.5 Å². The Hall–Kier alpha value is -3.46. The molecule has 5 rings (SSSR count). The molecule has 3 heterocycles. The number of hydrogen-bond donors (Lipinski definition) is 2. The summed E-state index contributed by atoms with van der Waals surface area (Å²) in [4.78, 5) is 17.0. The van der Waals surface area contributed by atoms with Gasteiger partial charge in [-0.05, 0) is 36.2 Å². The van der Waals surface area contributed by atoms with Crippen LogP contribution in [0, 0.1) is 11.6 Å². The minimum absolute atomic E-state index is 0.558. The van der Waals surface area contributed by atoms with Crippen LogP contribution in [0.15, 0.2) is 36.7 Å². The molecular formula is C23H24F2N6O. The van der Waals surface area contributed by atoms with Crippen LogP contribution in [0.25, 0.3) is 21.9 Å². The van der Waals surface area contributed by atoms with Gasteiger partial charge >= 0.3 is 0 Å². The number of nitrogens with two attached hydrogens (primary N) is 1. The maximum absolute atomic E-state index is 13.4. The van der Waals surface area contributed by atoms with Crippen LogP contribution in [0.3, 0.4) is 0 Å². The minimum atomic E-state index is -0.810. The summed E-state index contributed by atoms with van der Waals surface area (Å²) in [5, 5.41) is 0.841. The molecule has 2 aromatic heterocycles. The van der Waals surface area contributed by atoms with Crippen LogP contribution < -0.4 is 15.4 Å². The molecule has 0 saturated carbocycles. The summed E-state index contributed by atoms with van der Waals surface area (Å²) in [5.74, 6) is -0.134. The standard InChI is InChI=1S/C23H24F2N6O/c1-32-18-5-4-17-19(20(18)26)21-22(29-17)23(28-13-27-21)31-10-8-30(9-11-31)7-6-14-2-3-15(24)16(25)12-14/h2-5,12-13,29H,6-11,26H2,1H3. The van der Waals surface area contributed by atoms with Gasteiger partial charge in [0.1, 0.15) is 23.1 Å². The van der Waals surface area contributed by atoms with E-state index in [4.69, 9.17) is 10.5 Å². The second-order valence-corrected chi connectivity index (χ2v) is 7.98. The molecule has 7 nitrogen and oxygen atoms in total. The summed E-state index contributed by atoms with van der Waals surface area (Å²) >= 11 is 0. The Morgan fingerprint density at radius 2 is 1.88 bits per heavy atom. The molecule has 0 radical (unpaired) electrons. The van der Waals surface area contributed by atoms with Crippen LogP contribution in [-0.4, -0.2) is 59.7 Å². The lowest BCUT2D eigenvalue weighted by atomic mass is 10.1. The number of anilines is 2. The number of ether oxygens (including phenoxy) is 1. The Morgan fingerprint density at radius 3 is 2.62 bits per heavy atom. The van der Waals surface area contributed by atoms with Crippen molar-refractivity contribution in [1.82, 2.24) is 19.9 Å². The van der Waals surface area contributed by atoms with Crippen molar-refractivity contribution in [1.29, 1.82) is 0 Å². The van der Waals surface area contributed by atoms with Gasteiger partial charge in [0.25, 0.3) is 0 Å². The summed E-state index contributed by atoms with van der Waals surface area (Å²) in [7, 11) is 1.60. The first kappa shape index (κ1) is 20.4. The molecule has 0 unspecified atom stereocenters. The average Bonchev–Trinajstić information content (AvgIpc) is 3.20. The molecule has 166 valence electrons. The number of fused-ring (bicyclic) bond motifs is 3. The van der Waals surface area contributed by atoms with Crippen LogP contribution >= 0.6 is 0 Å². The highest BCUT2D eigenvalue weighted by molar-refractivity contribution is 6.14. The van der Waals surface area contributed by atoms with Crippen molar-refractivity contribution in [3.63, 3.8) is 0 Å². The summed E-state index contributed by atoms with van der Waals surface area (Å²) in [6.07, 6.45) is 2.25. The number of nitrogens with one attached hydrogen (secondary N) is 1. The summed E-state index contributed by atoms with van der Waals surface area (Å²) in [5.41, 5.74) is 10.2. The third-order valence-corrected chi connectivity index (χ3v) is 6.12. The highest BCUT2D eigenvalue weighted by Gasteiger charge is 2.22. The molecule has 1 aliphatic heterocycles. The lowest BCUT2D eigenvalue weighted by molar-refractivity contribution is 0.260. The van der Waals surface area contributed by atoms with E-state index in [-0.39, 0.29) is 0 Å². The van der Waals surface area contributed by atoms with Gasteiger partial charge in [-0.1, -0.05) is 6.07 Å². The predicted molar refractivity (Wildman–Crippen MR) is 121 cm³/mol. The van der Waals surface area contributed by atoms with Gasteiger partial charge < -0.3 is 20.4 Å². The fraction of sp³-hybridized carbons (Fsp3) is 0.304. The number of rotatable bonds is 5. The lowest BCUT2D eigenvalue weighted by Crippen LogP contribution is -2.47. The molecule has 1 aliphatic rings. The van der Waals surface area contributed by atoms with Crippen molar-refractivity contribution in [2.45, 2.75) is 6.42 Å². The predicted octanol–water partition coefficient (Wildman–Crippen LogP) is 3.34. The number of aromatic amines is 1. The minimum Gasteiger partial charge on any atom is -0.495 e. The molecule has 1 fully saturated rings. The van der Waals surface area contributed by atoms with Crippen molar-refractivity contribution in [2.75, 3.05) is 50.5 Å². The fourth-order valence-corrected chi connectivity index (χ4v) is 4.36. The number of nitrogen functional groups attached to an aromatic ring is 1. The summed E-state index contributed by atoms with van der Waals surface area (Å²) in [6.45, 7) is 4.10.